The van der Waals surface area contributed by atoms with E-state index in [0.29, 0.717) is 5.95 Å². The van der Waals surface area contributed by atoms with E-state index in [1.54, 1.807) is 17.5 Å². The van der Waals surface area contributed by atoms with Crippen molar-refractivity contribution >= 4 is 33.8 Å². The lowest BCUT2D eigenvalue weighted by molar-refractivity contribution is 0.122. The largest absolute Gasteiger partial charge is 0.378 e. The lowest BCUT2D eigenvalue weighted by Gasteiger charge is -2.30. The lowest BCUT2D eigenvalue weighted by Crippen LogP contribution is -2.36. The summed E-state index contributed by atoms with van der Waals surface area (Å²) in [6.07, 6.45) is 2.86. The Morgan fingerprint density at radius 2 is 1.97 bits per heavy atom. The average Bonchev–Trinajstić information content (AvgIpc) is 3.14. The van der Waals surface area contributed by atoms with Crippen LogP contribution in [0.5, 0.6) is 0 Å². The number of rotatable bonds is 7. The molecule has 0 bridgehead atoms. The Bertz CT molecular complexity index is 999. The van der Waals surface area contributed by atoms with Gasteiger partial charge in [-0.1, -0.05) is 18.3 Å². The quantitative estimate of drug-likeness (QED) is 0.573. The van der Waals surface area contributed by atoms with Gasteiger partial charge in [-0.3, -0.25) is 0 Å². The highest BCUT2D eigenvalue weighted by Gasteiger charge is 2.14. The summed E-state index contributed by atoms with van der Waals surface area (Å²) in [5.41, 5.74) is 5.32. The van der Waals surface area contributed by atoms with E-state index in [1.807, 2.05) is 13.0 Å². The van der Waals surface area contributed by atoms with Gasteiger partial charge in [-0.05, 0) is 50.1 Å². The molecule has 1 fully saturated rings. The Balaban J connectivity index is 1.51. The van der Waals surface area contributed by atoms with Gasteiger partial charge in [0.25, 0.3) is 0 Å². The highest BCUT2D eigenvalue weighted by atomic mass is 32.1. The second-order valence-corrected chi connectivity index (χ2v) is 8.35. The van der Waals surface area contributed by atoms with Crippen LogP contribution < -0.4 is 15.5 Å². The molecule has 158 valence electrons. The Labute approximate surface area is 181 Å². The van der Waals surface area contributed by atoms with Crippen LogP contribution in [0.25, 0.3) is 10.6 Å². The van der Waals surface area contributed by atoms with Gasteiger partial charge in [0.15, 0.2) is 5.13 Å². The number of nitrogens with zero attached hydrogens (tertiary/aromatic N) is 4. The third-order valence-corrected chi connectivity index (χ3v) is 6.15. The molecule has 2 aromatic heterocycles. The van der Waals surface area contributed by atoms with E-state index in [4.69, 9.17) is 9.72 Å². The molecule has 7 nitrogen and oxygen atoms in total. The van der Waals surface area contributed by atoms with Crippen LogP contribution in [-0.4, -0.2) is 47.8 Å². The standard InChI is InChI=1S/C22H28N6OS/c1-4-8-24-22-25-16(3)20(30-22)18-7-9-23-21(27-18)26-17-5-6-19(15(2)14-17)28-10-12-29-13-11-28/h5-7,9,14H,4,8,10-13H2,1-3H3,(H,24,25)(H,23,26,27). The zero-order valence-electron chi connectivity index (χ0n) is 17.7. The van der Waals surface area contributed by atoms with E-state index < -0.39 is 0 Å². The minimum Gasteiger partial charge on any atom is -0.378 e. The second-order valence-electron chi connectivity index (χ2n) is 7.35. The number of aryl methyl sites for hydroxylation is 2. The zero-order valence-corrected chi connectivity index (χ0v) is 18.6. The second kappa shape index (κ2) is 9.40. The molecule has 1 aliphatic rings. The number of nitrogens with one attached hydrogen (secondary N) is 2. The monoisotopic (exact) mass is 424 g/mol. The number of thiazole rings is 1. The van der Waals surface area contributed by atoms with Crippen LogP contribution in [0.1, 0.15) is 24.6 Å². The molecular formula is C22H28N6OS. The molecule has 2 N–H and O–H groups in total. The van der Waals surface area contributed by atoms with Crippen molar-refractivity contribution in [3.05, 3.63) is 41.7 Å². The Kier molecular flexibility index (Phi) is 6.44. The van der Waals surface area contributed by atoms with Crippen molar-refractivity contribution < 1.29 is 4.74 Å². The summed E-state index contributed by atoms with van der Waals surface area (Å²) in [4.78, 5) is 17.2. The molecule has 0 amide bonds. The molecule has 3 heterocycles. The first-order valence-electron chi connectivity index (χ1n) is 10.4. The Hall–Kier alpha value is -2.71. The average molecular weight is 425 g/mol. The number of anilines is 4. The molecule has 1 aliphatic heterocycles. The van der Waals surface area contributed by atoms with E-state index in [1.165, 1.54) is 11.3 Å². The van der Waals surface area contributed by atoms with Crippen LogP contribution in [0, 0.1) is 13.8 Å². The summed E-state index contributed by atoms with van der Waals surface area (Å²) in [7, 11) is 0. The fraction of sp³-hybridized carbons (Fsp3) is 0.409. The maximum absolute atomic E-state index is 5.46. The van der Waals surface area contributed by atoms with Gasteiger partial charge < -0.3 is 20.3 Å². The van der Waals surface area contributed by atoms with E-state index in [0.717, 1.165) is 66.4 Å². The highest BCUT2D eigenvalue weighted by Crippen LogP contribution is 2.32. The first-order chi connectivity index (χ1) is 14.6. The molecule has 0 spiro atoms. The van der Waals surface area contributed by atoms with Crippen molar-refractivity contribution in [1.82, 2.24) is 15.0 Å². The van der Waals surface area contributed by atoms with E-state index in [9.17, 15) is 0 Å². The van der Waals surface area contributed by atoms with Crippen LogP contribution in [-0.2, 0) is 4.74 Å². The summed E-state index contributed by atoms with van der Waals surface area (Å²) in [6.45, 7) is 10.7. The molecule has 0 saturated carbocycles. The maximum atomic E-state index is 5.46. The van der Waals surface area contributed by atoms with Gasteiger partial charge >= 0.3 is 0 Å². The summed E-state index contributed by atoms with van der Waals surface area (Å²) in [5.74, 6) is 0.585. The molecule has 0 atom stereocenters. The molecule has 0 radical (unpaired) electrons. The molecule has 8 heteroatoms. The van der Waals surface area contributed by atoms with Gasteiger partial charge in [-0.25, -0.2) is 15.0 Å². The minimum absolute atomic E-state index is 0.585. The molecule has 1 saturated heterocycles. The van der Waals surface area contributed by atoms with Gasteiger partial charge in [0.2, 0.25) is 5.95 Å². The number of morpholine rings is 1. The molecule has 3 aromatic rings. The van der Waals surface area contributed by atoms with Crippen LogP contribution in [0.3, 0.4) is 0 Å². The molecule has 4 rings (SSSR count). The van der Waals surface area contributed by atoms with E-state index in [-0.39, 0.29) is 0 Å². The maximum Gasteiger partial charge on any atom is 0.227 e. The van der Waals surface area contributed by atoms with Gasteiger partial charge in [0, 0.05) is 37.2 Å². The summed E-state index contributed by atoms with van der Waals surface area (Å²) in [5, 5.41) is 7.64. The smallest absolute Gasteiger partial charge is 0.227 e. The van der Waals surface area contributed by atoms with Gasteiger partial charge in [0.05, 0.1) is 29.5 Å². The minimum atomic E-state index is 0.585. The topological polar surface area (TPSA) is 75.2 Å². The third kappa shape index (κ3) is 4.71. The Morgan fingerprint density at radius 1 is 1.13 bits per heavy atom. The molecule has 30 heavy (non-hydrogen) atoms. The van der Waals surface area contributed by atoms with Crippen molar-refractivity contribution in [2.45, 2.75) is 27.2 Å². The van der Waals surface area contributed by atoms with Crippen molar-refractivity contribution in [3.8, 4) is 10.6 Å². The van der Waals surface area contributed by atoms with Crippen molar-refractivity contribution in [3.63, 3.8) is 0 Å². The normalized spacial score (nSPS) is 14.0. The number of benzene rings is 1. The van der Waals surface area contributed by atoms with E-state index in [2.05, 4.69) is 57.5 Å². The summed E-state index contributed by atoms with van der Waals surface area (Å²) < 4.78 is 5.46. The van der Waals surface area contributed by atoms with Crippen LogP contribution in [0.15, 0.2) is 30.5 Å². The van der Waals surface area contributed by atoms with Crippen molar-refractivity contribution in [2.24, 2.45) is 0 Å². The number of aromatic nitrogens is 3. The van der Waals surface area contributed by atoms with Gasteiger partial charge in [-0.15, -0.1) is 0 Å². The highest BCUT2D eigenvalue weighted by molar-refractivity contribution is 7.19. The summed E-state index contributed by atoms with van der Waals surface area (Å²) >= 11 is 1.63. The van der Waals surface area contributed by atoms with Gasteiger partial charge in [-0.2, -0.15) is 0 Å². The van der Waals surface area contributed by atoms with Crippen molar-refractivity contribution in [1.29, 1.82) is 0 Å². The fourth-order valence-electron chi connectivity index (χ4n) is 3.51. The molecule has 1 aromatic carbocycles. The third-order valence-electron chi connectivity index (χ3n) is 5.02. The van der Waals surface area contributed by atoms with E-state index >= 15 is 0 Å². The predicted octanol–water partition coefficient (Wildman–Crippen LogP) is 4.62. The zero-order chi connectivity index (χ0) is 20.9. The van der Waals surface area contributed by atoms with Crippen molar-refractivity contribution in [2.75, 3.05) is 48.4 Å². The lowest BCUT2D eigenvalue weighted by atomic mass is 10.1. The van der Waals surface area contributed by atoms with Gasteiger partial charge in [0.1, 0.15) is 0 Å². The first kappa shape index (κ1) is 20.6. The Morgan fingerprint density at radius 3 is 2.73 bits per heavy atom. The number of ether oxygens (including phenoxy) is 1. The first-order valence-corrected chi connectivity index (χ1v) is 11.2. The van der Waals surface area contributed by atoms with Crippen LogP contribution in [0.4, 0.5) is 22.5 Å². The molecule has 0 aliphatic carbocycles. The summed E-state index contributed by atoms with van der Waals surface area (Å²) in [6, 6.07) is 8.32. The molecule has 0 unspecified atom stereocenters. The van der Waals surface area contributed by atoms with Crippen LogP contribution in [0.2, 0.25) is 0 Å². The molecular weight excluding hydrogens is 396 g/mol. The van der Waals surface area contributed by atoms with Crippen LogP contribution >= 0.6 is 11.3 Å². The predicted molar refractivity (Wildman–Crippen MR) is 124 cm³/mol. The number of hydrogen-bond acceptors (Lipinski definition) is 8. The fourth-order valence-corrected chi connectivity index (χ4v) is 4.47. The SMILES string of the molecule is CCCNc1nc(C)c(-c2ccnc(Nc3ccc(N4CCOCC4)c(C)c3)n2)s1. The number of hydrogen-bond donors (Lipinski definition) is 2.